The zero-order chi connectivity index (χ0) is 21.3. The van der Waals surface area contributed by atoms with Crippen LogP contribution in [0.5, 0.6) is 5.75 Å². The van der Waals surface area contributed by atoms with E-state index in [0.29, 0.717) is 19.0 Å². The normalized spacial score (nSPS) is 16.1. The minimum Gasteiger partial charge on any atom is -0.497 e. The second-order valence-electron chi connectivity index (χ2n) is 7.14. The number of hydrogen-bond donors (Lipinski definition) is 2. The van der Waals surface area contributed by atoms with Gasteiger partial charge in [-0.25, -0.2) is 9.98 Å². The number of likely N-dealkylation sites (tertiary alicyclic amines) is 1. The predicted molar refractivity (Wildman–Crippen MR) is 113 cm³/mol. The molecular weight excluding hydrogens is 390 g/mol. The summed E-state index contributed by atoms with van der Waals surface area (Å²) in [6.07, 6.45) is 5.00. The number of nitrogens with zero attached hydrogens (tertiary/aromatic N) is 4. The predicted octanol–water partition coefficient (Wildman–Crippen LogP) is 3.18. The highest BCUT2D eigenvalue weighted by molar-refractivity contribution is 5.79. The van der Waals surface area contributed by atoms with Gasteiger partial charge in [-0.2, -0.15) is 8.78 Å². The van der Waals surface area contributed by atoms with Gasteiger partial charge in [0.2, 0.25) is 0 Å². The van der Waals surface area contributed by atoms with E-state index in [2.05, 4.69) is 37.6 Å². The van der Waals surface area contributed by atoms with Crippen molar-refractivity contribution in [1.29, 1.82) is 0 Å². The van der Waals surface area contributed by atoms with Gasteiger partial charge in [0.25, 0.3) is 0 Å². The Morgan fingerprint density at radius 3 is 2.77 bits per heavy atom. The largest absolute Gasteiger partial charge is 0.497 e. The second kappa shape index (κ2) is 10.9. The fourth-order valence-corrected chi connectivity index (χ4v) is 3.69. The van der Waals surface area contributed by atoms with Crippen LogP contribution in [0.4, 0.5) is 8.78 Å². The molecular formula is C21H30F2N6O. The zero-order valence-electron chi connectivity index (χ0n) is 17.5. The number of alkyl halides is 2. The van der Waals surface area contributed by atoms with Crippen LogP contribution in [-0.4, -0.2) is 53.7 Å². The molecule has 3 rings (SSSR count). The SMILES string of the molecule is CCNC(=NCc1nccn1C(F)F)NCC(c1cccc(OC)c1)N1CCCC1. The second-order valence-corrected chi connectivity index (χ2v) is 7.14. The van der Waals surface area contributed by atoms with Crippen LogP contribution in [0.15, 0.2) is 41.7 Å². The molecule has 7 nitrogen and oxygen atoms in total. The third-order valence-electron chi connectivity index (χ3n) is 5.20. The zero-order valence-corrected chi connectivity index (χ0v) is 17.5. The van der Waals surface area contributed by atoms with Gasteiger partial charge >= 0.3 is 6.55 Å². The highest BCUT2D eigenvalue weighted by atomic mass is 19.3. The summed E-state index contributed by atoms with van der Waals surface area (Å²) in [5.41, 5.74) is 1.17. The van der Waals surface area contributed by atoms with E-state index in [-0.39, 0.29) is 18.4 Å². The first-order valence-electron chi connectivity index (χ1n) is 10.3. The third-order valence-corrected chi connectivity index (χ3v) is 5.20. The standard InChI is InChI=1S/C21H30F2N6O/c1-3-24-21(27-15-19-25-9-12-29(19)20(22)23)26-14-18(28-10-4-5-11-28)16-7-6-8-17(13-16)30-2/h6-9,12-13,18,20H,3-5,10-11,14-15H2,1-2H3,(H2,24,26,27). The summed E-state index contributed by atoms with van der Waals surface area (Å²) in [5.74, 6) is 1.63. The quantitative estimate of drug-likeness (QED) is 0.482. The van der Waals surface area contributed by atoms with Crippen LogP contribution in [0.2, 0.25) is 0 Å². The summed E-state index contributed by atoms with van der Waals surface area (Å²) in [6.45, 7) is 2.81. The van der Waals surface area contributed by atoms with Crippen molar-refractivity contribution in [2.45, 2.75) is 38.9 Å². The van der Waals surface area contributed by atoms with E-state index in [4.69, 9.17) is 4.74 Å². The molecule has 0 spiro atoms. The van der Waals surface area contributed by atoms with Crippen LogP contribution in [0, 0.1) is 0 Å². The highest BCUT2D eigenvalue weighted by Crippen LogP contribution is 2.27. The van der Waals surface area contributed by atoms with E-state index in [0.717, 1.165) is 23.4 Å². The molecule has 2 aromatic rings. The van der Waals surface area contributed by atoms with Gasteiger partial charge in [0.15, 0.2) is 5.96 Å². The third kappa shape index (κ3) is 5.69. The van der Waals surface area contributed by atoms with Gasteiger partial charge in [0, 0.05) is 25.5 Å². The fourth-order valence-electron chi connectivity index (χ4n) is 3.69. The summed E-state index contributed by atoms with van der Waals surface area (Å²) >= 11 is 0. The van der Waals surface area contributed by atoms with E-state index in [1.165, 1.54) is 30.8 Å². The molecule has 0 radical (unpaired) electrons. The molecule has 1 aromatic heterocycles. The number of halogens is 2. The van der Waals surface area contributed by atoms with Gasteiger partial charge < -0.3 is 15.4 Å². The number of aromatic nitrogens is 2. The number of aliphatic imine (C=N–C) groups is 1. The van der Waals surface area contributed by atoms with Crippen LogP contribution >= 0.6 is 0 Å². The minimum atomic E-state index is -2.62. The lowest BCUT2D eigenvalue weighted by Crippen LogP contribution is -2.42. The Morgan fingerprint density at radius 2 is 2.07 bits per heavy atom. The van der Waals surface area contributed by atoms with Crippen LogP contribution in [-0.2, 0) is 6.54 Å². The first kappa shape index (κ1) is 22.0. The van der Waals surface area contributed by atoms with Crippen molar-refractivity contribution in [3.63, 3.8) is 0 Å². The lowest BCUT2D eigenvalue weighted by Gasteiger charge is -2.29. The van der Waals surface area contributed by atoms with E-state index < -0.39 is 6.55 Å². The van der Waals surface area contributed by atoms with Crippen molar-refractivity contribution in [3.8, 4) is 5.75 Å². The number of benzene rings is 1. The van der Waals surface area contributed by atoms with Gasteiger partial charge in [-0.15, -0.1) is 0 Å². The Morgan fingerprint density at radius 1 is 1.27 bits per heavy atom. The maximum absolute atomic E-state index is 13.0. The Bertz CT molecular complexity index is 819. The van der Waals surface area contributed by atoms with Crippen molar-refractivity contribution in [3.05, 3.63) is 48.0 Å². The molecule has 1 aliphatic rings. The Hall–Kier alpha value is -2.68. The molecule has 0 saturated carbocycles. The lowest BCUT2D eigenvalue weighted by molar-refractivity contribution is 0.0671. The average molecular weight is 421 g/mol. The number of methoxy groups -OCH3 is 1. The molecule has 2 N–H and O–H groups in total. The first-order chi connectivity index (χ1) is 14.6. The maximum Gasteiger partial charge on any atom is 0.319 e. The number of rotatable bonds is 9. The fraction of sp³-hybridized carbons (Fsp3) is 0.524. The number of hydrogen-bond acceptors (Lipinski definition) is 4. The molecule has 0 aliphatic carbocycles. The van der Waals surface area contributed by atoms with Crippen molar-refractivity contribution in [2.75, 3.05) is 33.3 Å². The Kier molecular flexibility index (Phi) is 8.01. The Labute approximate surface area is 176 Å². The maximum atomic E-state index is 13.0. The van der Waals surface area contributed by atoms with Crippen molar-refractivity contribution < 1.29 is 13.5 Å². The lowest BCUT2D eigenvalue weighted by atomic mass is 10.1. The summed E-state index contributed by atoms with van der Waals surface area (Å²) in [5, 5.41) is 6.56. The molecule has 0 amide bonds. The van der Waals surface area contributed by atoms with Crippen molar-refractivity contribution in [2.24, 2.45) is 4.99 Å². The number of guanidine groups is 1. The summed E-state index contributed by atoms with van der Waals surface area (Å²) < 4.78 is 32.3. The van der Waals surface area contributed by atoms with Gasteiger partial charge in [0.05, 0.1) is 13.2 Å². The number of nitrogens with one attached hydrogen (secondary N) is 2. The molecule has 1 aromatic carbocycles. The van der Waals surface area contributed by atoms with Crippen LogP contribution < -0.4 is 15.4 Å². The molecule has 30 heavy (non-hydrogen) atoms. The molecule has 1 saturated heterocycles. The van der Waals surface area contributed by atoms with E-state index in [9.17, 15) is 8.78 Å². The van der Waals surface area contributed by atoms with Crippen LogP contribution in [0.1, 0.15) is 43.7 Å². The monoisotopic (exact) mass is 420 g/mol. The smallest absolute Gasteiger partial charge is 0.319 e. The number of ether oxygens (including phenoxy) is 1. The molecule has 1 fully saturated rings. The summed E-state index contributed by atoms with van der Waals surface area (Å²) in [4.78, 5) is 10.9. The summed E-state index contributed by atoms with van der Waals surface area (Å²) in [7, 11) is 1.67. The van der Waals surface area contributed by atoms with Gasteiger partial charge in [-0.05, 0) is 50.6 Å². The molecule has 2 heterocycles. The van der Waals surface area contributed by atoms with Crippen LogP contribution in [0.25, 0.3) is 0 Å². The van der Waals surface area contributed by atoms with E-state index in [1.54, 1.807) is 7.11 Å². The van der Waals surface area contributed by atoms with Gasteiger partial charge in [-0.1, -0.05) is 12.1 Å². The molecule has 164 valence electrons. The molecule has 1 unspecified atom stereocenters. The molecule has 1 aliphatic heterocycles. The van der Waals surface area contributed by atoms with Crippen LogP contribution in [0.3, 0.4) is 0 Å². The molecule has 9 heteroatoms. The van der Waals surface area contributed by atoms with E-state index in [1.807, 2.05) is 19.1 Å². The van der Waals surface area contributed by atoms with Crippen molar-refractivity contribution >= 4 is 5.96 Å². The highest BCUT2D eigenvalue weighted by Gasteiger charge is 2.24. The van der Waals surface area contributed by atoms with E-state index >= 15 is 0 Å². The molecule has 0 bridgehead atoms. The Balaban J connectivity index is 1.72. The average Bonchev–Trinajstić information content (AvgIpc) is 3.44. The first-order valence-corrected chi connectivity index (χ1v) is 10.3. The van der Waals surface area contributed by atoms with Gasteiger partial charge in [0.1, 0.15) is 18.1 Å². The van der Waals surface area contributed by atoms with Crippen molar-refractivity contribution in [1.82, 2.24) is 25.1 Å². The minimum absolute atomic E-state index is 0.0697. The summed E-state index contributed by atoms with van der Waals surface area (Å²) in [6, 6.07) is 8.27. The topological polar surface area (TPSA) is 66.7 Å². The van der Waals surface area contributed by atoms with Gasteiger partial charge in [-0.3, -0.25) is 9.47 Å². The molecule has 1 atom stereocenters. The number of imidazole rings is 1.